The monoisotopic (exact) mass is 478 g/mol. The number of esters is 1. The highest BCUT2D eigenvalue weighted by atomic mass is 35.5. The van der Waals surface area contributed by atoms with Crippen LogP contribution in [0.15, 0.2) is 48.5 Å². The van der Waals surface area contributed by atoms with Crippen LogP contribution < -0.4 is 14.8 Å². The predicted octanol–water partition coefficient (Wildman–Crippen LogP) is 3.67. The van der Waals surface area contributed by atoms with Crippen molar-refractivity contribution in [2.24, 2.45) is 0 Å². The van der Waals surface area contributed by atoms with Crippen molar-refractivity contribution in [3.63, 3.8) is 0 Å². The van der Waals surface area contributed by atoms with E-state index in [1.54, 1.807) is 30.0 Å². The van der Waals surface area contributed by atoms with Crippen LogP contribution in [-0.4, -0.2) is 63.0 Å². The van der Waals surface area contributed by atoms with Crippen molar-refractivity contribution in [3.8, 4) is 11.5 Å². The molecule has 0 aliphatic carbocycles. The molecule has 1 atom stereocenters. The Morgan fingerprint density at radius 2 is 1.88 bits per heavy atom. The zero-order valence-electron chi connectivity index (χ0n) is 19.0. The molecule has 0 radical (unpaired) electrons. The highest BCUT2D eigenvalue weighted by Crippen LogP contribution is 2.28. The largest absolute Gasteiger partial charge is 0.493 e. The molecule has 9 heteroatoms. The smallest absolute Gasteiger partial charge is 0.410 e. The van der Waals surface area contributed by atoms with Gasteiger partial charge in [-0.15, -0.1) is 12.4 Å². The molecule has 0 saturated carbocycles. The average molecular weight is 479 g/mol. The molecule has 0 unspecified atom stereocenters. The van der Waals surface area contributed by atoms with Crippen molar-refractivity contribution >= 4 is 24.5 Å². The lowest BCUT2D eigenvalue weighted by molar-refractivity contribution is 0.0525. The molecule has 0 spiro atoms. The lowest BCUT2D eigenvalue weighted by atomic mass is 10.1. The van der Waals surface area contributed by atoms with E-state index in [1.807, 2.05) is 30.3 Å². The number of piperazine rings is 1. The molecule has 1 heterocycles. The van der Waals surface area contributed by atoms with Gasteiger partial charge in [-0.2, -0.15) is 0 Å². The second-order valence-electron chi connectivity index (χ2n) is 7.36. The van der Waals surface area contributed by atoms with E-state index in [-0.39, 0.29) is 31.1 Å². The van der Waals surface area contributed by atoms with Crippen LogP contribution in [0.1, 0.15) is 29.3 Å². The average Bonchev–Trinajstić information content (AvgIpc) is 2.83. The van der Waals surface area contributed by atoms with Gasteiger partial charge in [0.25, 0.3) is 0 Å². The van der Waals surface area contributed by atoms with Crippen LogP contribution in [0.3, 0.4) is 0 Å². The molecule has 1 amide bonds. The number of hydrogen-bond donors (Lipinski definition) is 1. The summed E-state index contributed by atoms with van der Waals surface area (Å²) in [5.74, 6) is 0.622. The maximum Gasteiger partial charge on any atom is 0.410 e. The van der Waals surface area contributed by atoms with Gasteiger partial charge in [0.1, 0.15) is 6.61 Å². The Bertz CT molecular complexity index is 896. The van der Waals surface area contributed by atoms with E-state index in [0.29, 0.717) is 56.3 Å². The molecule has 1 N–H and O–H groups in total. The van der Waals surface area contributed by atoms with Crippen LogP contribution in [0.5, 0.6) is 11.5 Å². The maximum absolute atomic E-state index is 12.4. The second kappa shape index (κ2) is 13.5. The minimum Gasteiger partial charge on any atom is -0.493 e. The van der Waals surface area contributed by atoms with Gasteiger partial charge in [0.05, 0.1) is 25.9 Å². The first kappa shape index (κ1) is 26.3. The number of carbonyl (C=O) groups is 2. The number of rotatable bonds is 9. The van der Waals surface area contributed by atoms with E-state index < -0.39 is 5.97 Å². The lowest BCUT2D eigenvalue weighted by Gasteiger charge is -2.33. The molecular formula is C24H31ClN2O6. The Hall–Kier alpha value is -2.97. The number of ether oxygens (including phenoxy) is 4. The van der Waals surface area contributed by atoms with E-state index in [1.165, 1.54) is 7.11 Å². The molecular weight excluding hydrogens is 448 g/mol. The summed E-state index contributed by atoms with van der Waals surface area (Å²) < 4.78 is 21.7. The van der Waals surface area contributed by atoms with Crippen molar-refractivity contribution in [2.45, 2.75) is 26.0 Å². The van der Waals surface area contributed by atoms with Crippen LogP contribution in [0.25, 0.3) is 0 Å². The standard InChI is InChI=1S/C24H30N2O6.ClH/c1-3-30-23(27)19-9-10-21(22(15-19)29-2)31-14-11-20-16-26(13-12-25-20)24(28)32-17-18-7-5-4-6-8-18;/h4-10,15,20,25H,3,11-14,16-17H2,1-2H3;1H/t20-;/m1./s1. The fourth-order valence-electron chi connectivity index (χ4n) is 3.43. The summed E-state index contributed by atoms with van der Waals surface area (Å²) in [4.78, 5) is 26.0. The van der Waals surface area contributed by atoms with Crippen LogP contribution >= 0.6 is 12.4 Å². The number of methoxy groups -OCH3 is 1. The van der Waals surface area contributed by atoms with E-state index in [2.05, 4.69) is 5.32 Å². The minimum absolute atomic E-state index is 0. The molecule has 0 aromatic heterocycles. The third kappa shape index (κ3) is 7.83. The molecule has 3 rings (SSSR count). The number of hydrogen-bond acceptors (Lipinski definition) is 7. The van der Waals surface area contributed by atoms with Crippen LogP contribution in [-0.2, 0) is 16.1 Å². The molecule has 180 valence electrons. The topological polar surface area (TPSA) is 86.3 Å². The number of nitrogens with one attached hydrogen (secondary N) is 1. The molecule has 1 aliphatic rings. The first-order chi connectivity index (χ1) is 15.6. The molecule has 8 nitrogen and oxygen atoms in total. The van der Waals surface area contributed by atoms with Crippen molar-refractivity contribution in [2.75, 3.05) is 40.0 Å². The summed E-state index contributed by atoms with van der Waals surface area (Å²) in [6.45, 7) is 4.62. The van der Waals surface area contributed by atoms with Crippen LogP contribution in [0, 0.1) is 0 Å². The third-order valence-electron chi connectivity index (χ3n) is 5.12. The minimum atomic E-state index is -0.400. The quantitative estimate of drug-likeness (QED) is 0.550. The van der Waals surface area contributed by atoms with E-state index in [9.17, 15) is 9.59 Å². The lowest BCUT2D eigenvalue weighted by Crippen LogP contribution is -2.53. The summed E-state index contributed by atoms with van der Waals surface area (Å²) >= 11 is 0. The molecule has 33 heavy (non-hydrogen) atoms. The van der Waals surface area contributed by atoms with Gasteiger partial charge in [-0.05, 0) is 37.1 Å². The molecule has 1 fully saturated rings. The molecule has 2 aromatic rings. The number of amides is 1. The van der Waals surface area contributed by atoms with E-state index in [0.717, 1.165) is 5.56 Å². The van der Waals surface area contributed by atoms with Crippen molar-refractivity contribution in [1.82, 2.24) is 10.2 Å². The fraction of sp³-hybridized carbons (Fsp3) is 0.417. The highest BCUT2D eigenvalue weighted by molar-refractivity contribution is 5.90. The summed E-state index contributed by atoms with van der Waals surface area (Å²) in [6.07, 6.45) is 0.392. The number of nitrogens with zero attached hydrogens (tertiary/aromatic N) is 1. The number of benzene rings is 2. The van der Waals surface area contributed by atoms with Gasteiger partial charge in [0, 0.05) is 25.7 Å². The summed E-state index contributed by atoms with van der Waals surface area (Å²) in [7, 11) is 1.53. The Kier molecular flexibility index (Phi) is 10.8. The highest BCUT2D eigenvalue weighted by Gasteiger charge is 2.24. The number of carbonyl (C=O) groups excluding carboxylic acids is 2. The van der Waals surface area contributed by atoms with Gasteiger partial charge in [-0.25, -0.2) is 9.59 Å². The van der Waals surface area contributed by atoms with Crippen molar-refractivity contribution in [3.05, 3.63) is 59.7 Å². The second-order valence-corrected chi connectivity index (χ2v) is 7.36. The molecule has 1 aliphatic heterocycles. The number of halogens is 1. The Morgan fingerprint density at radius 1 is 1.09 bits per heavy atom. The van der Waals surface area contributed by atoms with Gasteiger partial charge in [-0.3, -0.25) is 0 Å². The first-order valence-corrected chi connectivity index (χ1v) is 10.8. The van der Waals surface area contributed by atoms with Crippen molar-refractivity contribution < 1.29 is 28.5 Å². The maximum atomic E-state index is 12.4. The Morgan fingerprint density at radius 3 is 2.61 bits per heavy atom. The Labute approximate surface area is 200 Å². The van der Waals surface area contributed by atoms with Crippen LogP contribution in [0.2, 0.25) is 0 Å². The summed E-state index contributed by atoms with van der Waals surface area (Å²) in [6, 6.07) is 14.7. The molecule has 0 bridgehead atoms. The third-order valence-corrected chi connectivity index (χ3v) is 5.12. The first-order valence-electron chi connectivity index (χ1n) is 10.8. The van der Waals surface area contributed by atoms with E-state index >= 15 is 0 Å². The van der Waals surface area contributed by atoms with Gasteiger partial charge in [0.15, 0.2) is 11.5 Å². The Balaban J connectivity index is 0.00000385. The summed E-state index contributed by atoms with van der Waals surface area (Å²) in [5, 5.41) is 3.41. The normalized spacial score (nSPS) is 15.2. The van der Waals surface area contributed by atoms with E-state index in [4.69, 9.17) is 18.9 Å². The van der Waals surface area contributed by atoms with Gasteiger partial charge >= 0.3 is 12.1 Å². The van der Waals surface area contributed by atoms with Gasteiger partial charge in [0.2, 0.25) is 0 Å². The molecule has 2 aromatic carbocycles. The summed E-state index contributed by atoms with van der Waals surface area (Å²) in [5.41, 5.74) is 1.37. The van der Waals surface area contributed by atoms with Crippen molar-refractivity contribution in [1.29, 1.82) is 0 Å². The molecule has 1 saturated heterocycles. The fourth-order valence-corrected chi connectivity index (χ4v) is 3.43. The van der Waals surface area contributed by atoms with Crippen LogP contribution in [0.4, 0.5) is 4.79 Å². The zero-order chi connectivity index (χ0) is 22.8. The predicted molar refractivity (Wildman–Crippen MR) is 126 cm³/mol. The zero-order valence-corrected chi connectivity index (χ0v) is 19.8. The SMILES string of the molecule is CCOC(=O)c1ccc(OCC[C@@H]2CN(C(=O)OCc3ccccc3)CCN2)c(OC)c1.Cl. The van der Waals surface area contributed by atoms with Gasteiger partial charge < -0.3 is 29.2 Å². The van der Waals surface area contributed by atoms with Gasteiger partial charge in [-0.1, -0.05) is 30.3 Å².